The molecule has 0 atom stereocenters. The average molecular weight is 394 g/mol. The molecule has 5 nitrogen and oxygen atoms in total. The van der Waals surface area contributed by atoms with E-state index in [0.717, 1.165) is 28.2 Å². The molecule has 0 fully saturated rings. The summed E-state index contributed by atoms with van der Waals surface area (Å²) >= 11 is 6.80. The Hall–Kier alpha value is -2.09. The van der Waals surface area contributed by atoms with Crippen molar-refractivity contribution in [2.24, 2.45) is 0 Å². The van der Waals surface area contributed by atoms with Gasteiger partial charge in [-0.2, -0.15) is 0 Å². The molecule has 130 valence electrons. The number of nitrogens with one attached hydrogen (secondary N) is 2. The maximum atomic E-state index is 12.3. The zero-order valence-electron chi connectivity index (χ0n) is 13.6. The van der Waals surface area contributed by atoms with Crippen LogP contribution in [0, 0.1) is 13.8 Å². The number of sulfonamides is 1. The summed E-state index contributed by atoms with van der Waals surface area (Å²) < 4.78 is 27.6. The molecule has 0 radical (unpaired) electrons. The Morgan fingerprint density at radius 2 is 1.76 bits per heavy atom. The number of pyridine rings is 1. The van der Waals surface area contributed by atoms with Crippen LogP contribution >= 0.6 is 22.9 Å². The molecule has 0 aliphatic carbocycles. The van der Waals surface area contributed by atoms with Crippen LogP contribution in [0.3, 0.4) is 0 Å². The van der Waals surface area contributed by atoms with Gasteiger partial charge in [-0.15, -0.1) is 11.3 Å². The van der Waals surface area contributed by atoms with Gasteiger partial charge in [0.1, 0.15) is 10.0 Å². The molecule has 0 aliphatic heterocycles. The van der Waals surface area contributed by atoms with Crippen molar-refractivity contribution in [3.63, 3.8) is 0 Å². The monoisotopic (exact) mass is 393 g/mol. The third-order valence-corrected chi connectivity index (χ3v) is 6.67. The highest BCUT2D eigenvalue weighted by Crippen LogP contribution is 2.28. The molecule has 0 spiro atoms. The number of anilines is 3. The van der Waals surface area contributed by atoms with Crippen LogP contribution in [0.4, 0.5) is 17.2 Å². The van der Waals surface area contributed by atoms with Gasteiger partial charge in [-0.1, -0.05) is 29.8 Å². The molecule has 2 heterocycles. The Balaban J connectivity index is 1.77. The quantitative estimate of drug-likeness (QED) is 0.642. The van der Waals surface area contributed by atoms with Gasteiger partial charge in [0.05, 0.1) is 16.2 Å². The number of para-hydroxylation sites is 1. The molecular formula is C17H16ClN3O2S2. The zero-order chi connectivity index (χ0) is 18.0. The van der Waals surface area contributed by atoms with Gasteiger partial charge < -0.3 is 5.32 Å². The molecule has 0 unspecified atom stereocenters. The second kappa shape index (κ2) is 7.03. The lowest BCUT2D eigenvalue weighted by Gasteiger charge is -2.12. The molecule has 3 rings (SSSR count). The first-order valence-corrected chi connectivity index (χ1v) is 10.1. The van der Waals surface area contributed by atoms with Gasteiger partial charge in [0.2, 0.25) is 0 Å². The first-order chi connectivity index (χ1) is 11.8. The summed E-state index contributed by atoms with van der Waals surface area (Å²) in [7, 11) is -3.65. The average Bonchev–Trinajstić information content (AvgIpc) is 3.00. The summed E-state index contributed by atoms with van der Waals surface area (Å²) in [6, 6.07) is 12.4. The van der Waals surface area contributed by atoms with E-state index in [-0.39, 0.29) is 4.21 Å². The normalized spacial score (nSPS) is 11.3. The lowest BCUT2D eigenvalue weighted by molar-refractivity contribution is 0.603. The summed E-state index contributed by atoms with van der Waals surface area (Å²) in [4.78, 5) is 4.28. The topological polar surface area (TPSA) is 71.1 Å². The molecule has 0 saturated carbocycles. The number of aromatic nitrogens is 1. The molecule has 0 saturated heterocycles. The van der Waals surface area contributed by atoms with Gasteiger partial charge in [0, 0.05) is 5.69 Å². The first kappa shape index (κ1) is 17.7. The van der Waals surface area contributed by atoms with Crippen LogP contribution < -0.4 is 10.0 Å². The number of benzene rings is 1. The second-order valence-corrected chi connectivity index (χ2v) is 9.11. The van der Waals surface area contributed by atoms with E-state index in [1.54, 1.807) is 18.2 Å². The molecule has 1 aromatic carbocycles. The largest absolute Gasteiger partial charge is 0.340 e. The van der Waals surface area contributed by atoms with Gasteiger partial charge in [0.25, 0.3) is 10.0 Å². The minimum absolute atomic E-state index is 0.162. The molecular weight excluding hydrogens is 378 g/mol. The second-order valence-electron chi connectivity index (χ2n) is 5.49. The first-order valence-electron chi connectivity index (χ1n) is 7.42. The Labute approximate surface area is 155 Å². The molecule has 2 N–H and O–H groups in total. The van der Waals surface area contributed by atoms with Crippen molar-refractivity contribution in [2.75, 3.05) is 10.0 Å². The minimum Gasteiger partial charge on any atom is -0.340 e. The smallest absolute Gasteiger partial charge is 0.271 e. The maximum Gasteiger partial charge on any atom is 0.271 e. The predicted molar refractivity (Wildman–Crippen MR) is 104 cm³/mol. The molecule has 3 aromatic rings. The van der Waals surface area contributed by atoms with E-state index >= 15 is 0 Å². The van der Waals surface area contributed by atoms with E-state index in [1.165, 1.54) is 12.3 Å². The summed E-state index contributed by atoms with van der Waals surface area (Å²) in [6.07, 6.45) is 1.47. The highest BCUT2D eigenvalue weighted by atomic mass is 35.5. The highest BCUT2D eigenvalue weighted by molar-refractivity contribution is 7.94. The summed E-state index contributed by atoms with van der Waals surface area (Å²) in [6.45, 7) is 4.04. The Morgan fingerprint density at radius 1 is 1.04 bits per heavy atom. The maximum absolute atomic E-state index is 12.3. The van der Waals surface area contributed by atoms with E-state index in [1.807, 2.05) is 32.0 Å². The third kappa shape index (κ3) is 4.12. The van der Waals surface area contributed by atoms with E-state index < -0.39 is 10.0 Å². The highest BCUT2D eigenvalue weighted by Gasteiger charge is 2.17. The summed E-state index contributed by atoms with van der Waals surface area (Å²) in [5.41, 5.74) is 3.61. The van der Waals surface area contributed by atoms with Crippen LogP contribution in [0.1, 0.15) is 11.1 Å². The Bertz CT molecular complexity index is 979. The summed E-state index contributed by atoms with van der Waals surface area (Å²) in [5, 5.41) is 3.26. The lowest BCUT2D eigenvalue weighted by atomic mass is 10.1. The van der Waals surface area contributed by atoms with Crippen LogP contribution in [-0.4, -0.2) is 13.4 Å². The van der Waals surface area contributed by atoms with Crippen LogP contribution in [-0.2, 0) is 10.0 Å². The SMILES string of the molecule is Cc1cccc(C)c1Nc1ccc(NS(=O)(=O)c2ccc(Cl)s2)cn1. The fourth-order valence-electron chi connectivity index (χ4n) is 2.32. The van der Waals surface area contributed by atoms with Crippen LogP contribution in [0.15, 0.2) is 52.9 Å². The van der Waals surface area contributed by atoms with Crippen molar-refractivity contribution < 1.29 is 8.42 Å². The van der Waals surface area contributed by atoms with E-state index in [4.69, 9.17) is 11.6 Å². The molecule has 0 amide bonds. The fourth-order valence-corrected chi connectivity index (χ4v) is 4.84. The number of aryl methyl sites for hydroxylation is 2. The number of hydrogen-bond acceptors (Lipinski definition) is 5. The molecule has 2 aromatic heterocycles. The van der Waals surface area contributed by atoms with E-state index in [0.29, 0.717) is 15.8 Å². The van der Waals surface area contributed by atoms with Crippen molar-refractivity contribution in [3.8, 4) is 0 Å². The van der Waals surface area contributed by atoms with E-state index in [9.17, 15) is 8.42 Å². The molecule has 25 heavy (non-hydrogen) atoms. The summed E-state index contributed by atoms with van der Waals surface area (Å²) in [5.74, 6) is 0.638. The van der Waals surface area contributed by atoms with Crippen molar-refractivity contribution in [3.05, 3.63) is 64.1 Å². The number of hydrogen-bond donors (Lipinski definition) is 2. The predicted octanol–water partition coefficient (Wildman–Crippen LogP) is 4.96. The Kier molecular flexibility index (Phi) is 4.99. The zero-order valence-corrected chi connectivity index (χ0v) is 16.0. The van der Waals surface area contributed by atoms with Gasteiger partial charge in [-0.05, 0) is 49.2 Å². The van der Waals surface area contributed by atoms with Crippen molar-refractivity contribution in [1.29, 1.82) is 0 Å². The van der Waals surface area contributed by atoms with Gasteiger partial charge in [0.15, 0.2) is 0 Å². The Morgan fingerprint density at radius 3 is 2.32 bits per heavy atom. The van der Waals surface area contributed by atoms with Crippen molar-refractivity contribution >= 4 is 50.2 Å². The van der Waals surface area contributed by atoms with Gasteiger partial charge in [-0.3, -0.25) is 4.72 Å². The number of rotatable bonds is 5. The number of nitrogens with zero attached hydrogens (tertiary/aromatic N) is 1. The van der Waals surface area contributed by atoms with Crippen LogP contribution in [0.5, 0.6) is 0 Å². The van der Waals surface area contributed by atoms with E-state index in [2.05, 4.69) is 15.0 Å². The van der Waals surface area contributed by atoms with Crippen molar-refractivity contribution in [1.82, 2.24) is 4.98 Å². The number of thiophene rings is 1. The lowest BCUT2D eigenvalue weighted by Crippen LogP contribution is -2.11. The third-order valence-electron chi connectivity index (χ3n) is 3.56. The number of halogens is 1. The molecule has 8 heteroatoms. The van der Waals surface area contributed by atoms with Crippen molar-refractivity contribution in [2.45, 2.75) is 18.1 Å². The standard InChI is InChI=1S/C17H16ClN3O2S2/c1-11-4-3-5-12(2)17(11)20-15-8-6-13(10-19-15)21-25(22,23)16-9-7-14(18)24-16/h3-10,21H,1-2H3,(H,19,20). The van der Waals surface area contributed by atoms with Gasteiger partial charge in [-0.25, -0.2) is 13.4 Å². The fraction of sp³-hybridized carbons (Fsp3) is 0.118. The van der Waals surface area contributed by atoms with Gasteiger partial charge >= 0.3 is 0 Å². The molecule has 0 bridgehead atoms. The van der Waals surface area contributed by atoms with Crippen LogP contribution in [0.2, 0.25) is 4.34 Å². The minimum atomic E-state index is -3.65. The molecule has 0 aliphatic rings. The van der Waals surface area contributed by atoms with Crippen LogP contribution in [0.25, 0.3) is 0 Å².